The average Bonchev–Trinajstić information content (AvgIpc) is 3.49. The van der Waals surface area contributed by atoms with Crippen LogP contribution < -0.4 is 11.1 Å². The number of benzene rings is 2. The van der Waals surface area contributed by atoms with Crippen molar-refractivity contribution in [1.82, 2.24) is 25.2 Å². The fourth-order valence-electron chi connectivity index (χ4n) is 4.97. The molecule has 0 spiro atoms. The molecule has 0 radical (unpaired) electrons. The topological polar surface area (TPSA) is 135 Å². The van der Waals surface area contributed by atoms with Crippen LogP contribution in [0.2, 0.25) is 10.0 Å². The van der Waals surface area contributed by atoms with Crippen molar-refractivity contribution in [3.8, 4) is 11.3 Å². The monoisotopic (exact) mass is 664 g/mol. The van der Waals surface area contributed by atoms with E-state index in [9.17, 15) is 4.79 Å². The lowest BCUT2D eigenvalue weighted by Crippen LogP contribution is -2.32. The van der Waals surface area contributed by atoms with Crippen molar-refractivity contribution in [3.05, 3.63) is 69.3 Å². The van der Waals surface area contributed by atoms with Crippen molar-refractivity contribution in [3.63, 3.8) is 0 Å². The highest BCUT2D eigenvalue weighted by atomic mass is 35.5. The summed E-state index contributed by atoms with van der Waals surface area (Å²) in [5.41, 5.74) is 10.3. The van der Waals surface area contributed by atoms with Crippen molar-refractivity contribution in [1.29, 1.82) is 0 Å². The summed E-state index contributed by atoms with van der Waals surface area (Å²) in [6.07, 6.45) is 1.94. The fourth-order valence-corrected chi connectivity index (χ4v) is 5.54. The number of ether oxygens (including phenoxy) is 5. The molecule has 0 saturated heterocycles. The van der Waals surface area contributed by atoms with Crippen LogP contribution >= 0.6 is 23.2 Å². The molecule has 0 bridgehead atoms. The van der Waals surface area contributed by atoms with Crippen LogP contribution in [0.1, 0.15) is 22.6 Å². The number of nitrogens with one attached hydrogen (secondary N) is 1. The van der Waals surface area contributed by atoms with E-state index in [4.69, 9.17) is 52.6 Å². The Morgan fingerprint density at radius 2 is 1.58 bits per heavy atom. The molecule has 0 saturated carbocycles. The van der Waals surface area contributed by atoms with Crippen LogP contribution in [-0.4, -0.2) is 112 Å². The lowest BCUT2D eigenvalue weighted by Gasteiger charge is -2.33. The van der Waals surface area contributed by atoms with E-state index in [-0.39, 0.29) is 5.92 Å². The molecule has 1 atom stereocenters. The van der Waals surface area contributed by atoms with Crippen LogP contribution in [0.4, 0.5) is 4.79 Å². The van der Waals surface area contributed by atoms with Gasteiger partial charge >= 0.3 is 6.03 Å². The van der Waals surface area contributed by atoms with E-state index >= 15 is 0 Å². The van der Waals surface area contributed by atoms with Crippen molar-refractivity contribution < 1.29 is 28.5 Å². The van der Waals surface area contributed by atoms with E-state index in [2.05, 4.69) is 45.8 Å². The average molecular weight is 666 g/mol. The summed E-state index contributed by atoms with van der Waals surface area (Å²) >= 11 is 12.9. The third kappa shape index (κ3) is 11.8. The Labute approximate surface area is 274 Å². The number of primary amides is 1. The lowest BCUT2D eigenvalue weighted by atomic mass is 9.84. The predicted molar refractivity (Wildman–Crippen MR) is 172 cm³/mol. The highest BCUT2D eigenvalue weighted by Crippen LogP contribution is 2.39. The first-order valence-corrected chi connectivity index (χ1v) is 15.7. The summed E-state index contributed by atoms with van der Waals surface area (Å²) in [4.78, 5) is 12.8. The summed E-state index contributed by atoms with van der Waals surface area (Å²) in [6, 6.07) is 11.7. The molecular weight excluding hydrogens is 623 g/mol. The number of carbonyl (C=O) groups excluding carboxylic acids is 1. The molecule has 2 heterocycles. The second kappa shape index (κ2) is 19.0. The molecule has 1 aromatic heterocycles. The van der Waals surface area contributed by atoms with Gasteiger partial charge in [0.1, 0.15) is 5.69 Å². The van der Waals surface area contributed by atoms with Crippen LogP contribution in [0.25, 0.3) is 11.3 Å². The SMILES string of the molecule is CN1Cc2c(Cl)cc(Cl)cc2[C@H](c2cccc(-c3cn(CCOCCOCCOCCOCCOCCNC(N)=O)nn3)c2)C1. The van der Waals surface area contributed by atoms with Gasteiger partial charge in [-0.2, -0.15) is 0 Å². The molecule has 246 valence electrons. The summed E-state index contributed by atoms with van der Waals surface area (Å²) in [5, 5.41) is 12.5. The Kier molecular flexibility index (Phi) is 14.8. The van der Waals surface area contributed by atoms with Gasteiger partial charge in [-0.3, -0.25) is 0 Å². The van der Waals surface area contributed by atoms with Crippen molar-refractivity contribution >= 4 is 29.2 Å². The normalized spacial score (nSPS) is 14.9. The van der Waals surface area contributed by atoms with E-state index in [1.165, 1.54) is 11.1 Å². The second-order valence-electron chi connectivity index (χ2n) is 10.5. The second-order valence-corrected chi connectivity index (χ2v) is 11.4. The number of nitrogens with two attached hydrogens (primary N) is 1. The standard InChI is InChI=1S/C31H42Cl2N6O6/c1-38-20-27(26-18-25(32)19-29(33)28(26)21-38)23-3-2-4-24(17-23)30-22-39(37-36-30)6-8-42-10-12-44-14-16-45-15-13-43-11-9-41-7-5-35-31(34)40/h2-4,17-19,22,27H,5-16,20-21H2,1H3,(H3,34,35,40)/t27-/m0/s1. The minimum atomic E-state index is -0.562. The summed E-state index contributed by atoms with van der Waals surface area (Å²) in [6.45, 7) is 7.29. The van der Waals surface area contributed by atoms with Crippen molar-refractivity contribution in [2.75, 3.05) is 86.2 Å². The lowest BCUT2D eigenvalue weighted by molar-refractivity contribution is -0.0113. The first kappa shape index (κ1) is 35.1. The first-order chi connectivity index (χ1) is 21.9. The number of amides is 2. The number of hydrogen-bond donors (Lipinski definition) is 2. The highest BCUT2D eigenvalue weighted by Gasteiger charge is 2.27. The zero-order chi connectivity index (χ0) is 31.9. The summed E-state index contributed by atoms with van der Waals surface area (Å²) in [7, 11) is 2.11. The minimum Gasteiger partial charge on any atom is -0.377 e. The maximum Gasteiger partial charge on any atom is 0.312 e. The molecule has 3 N–H and O–H groups in total. The van der Waals surface area contributed by atoms with Gasteiger partial charge < -0.3 is 39.6 Å². The Bertz CT molecular complexity index is 1350. The maximum absolute atomic E-state index is 10.5. The molecule has 2 aromatic carbocycles. The molecule has 0 fully saturated rings. The number of urea groups is 1. The number of nitrogens with zero attached hydrogens (tertiary/aromatic N) is 4. The summed E-state index contributed by atoms with van der Waals surface area (Å²) in [5.74, 6) is 0.156. The number of aromatic nitrogens is 3. The van der Waals surface area contributed by atoms with Crippen LogP contribution in [0.15, 0.2) is 42.6 Å². The molecule has 4 rings (SSSR count). The first-order valence-electron chi connectivity index (χ1n) is 15.0. The minimum absolute atomic E-state index is 0.156. The van der Waals surface area contributed by atoms with Gasteiger partial charge in [-0.15, -0.1) is 5.10 Å². The van der Waals surface area contributed by atoms with E-state index in [0.717, 1.165) is 29.9 Å². The number of carbonyl (C=O) groups is 1. The molecule has 0 unspecified atom stereocenters. The highest BCUT2D eigenvalue weighted by molar-refractivity contribution is 6.35. The Morgan fingerprint density at radius 1 is 0.933 bits per heavy atom. The molecular formula is C31H42Cl2N6O6. The quantitative estimate of drug-likeness (QED) is 0.174. The third-order valence-corrected chi connectivity index (χ3v) is 7.67. The molecule has 45 heavy (non-hydrogen) atoms. The fraction of sp³-hybridized carbons (Fsp3) is 0.516. The summed E-state index contributed by atoms with van der Waals surface area (Å²) < 4.78 is 29.2. The van der Waals surface area contributed by atoms with Crippen molar-refractivity contribution in [2.24, 2.45) is 5.73 Å². The van der Waals surface area contributed by atoms with Gasteiger partial charge in [0.15, 0.2) is 0 Å². The van der Waals surface area contributed by atoms with Gasteiger partial charge in [-0.1, -0.05) is 46.6 Å². The van der Waals surface area contributed by atoms with Gasteiger partial charge in [-0.25, -0.2) is 9.48 Å². The Hall–Kier alpha value is -2.81. The predicted octanol–water partition coefficient (Wildman–Crippen LogP) is 3.58. The van der Waals surface area contributed by atoms with E-state index < -0.39 is 6.03 Å². The molecule has 1 aliphatic rings. The Balaban J connectivity index is 1.07. The van der Waals surface area contributed by atoms with Gasteiger partial charge in [0.2, 0.25) is 0 Å². The molecule has 2 amide bonds. The maximum atomic E-state index is 10.5. The number of likely N-dealkylation sites (N-methyl/N-ethyl adjacent to an activating group) is 1. The smallest absolute Gasteiger partial charge is 0.312 e. The van der Waals surface area contributed by atoms with Crippen LogP contribution in [0.5, 0.6) is 0 Å². The van der Waals surface area contributed by atoms with Crippen molar-refractivity contribution in [2.45, 2.75) is 19.0 Å². The molecule has 0 aliphatic carbocycles. The van der Waals surface area contributed by atoms with E-state index in [0.29, 0.717) is 89.2 Å². The molecule has 1 aliphatic heterocycles. The zero-order valence-electron chi connectivity index (χ0n) is 25.6. The van der Waals surface area contributed by atoms with Gasteiger partial charge in [0.25, 0.3) is 0 Å². The Morgan fingerprint density at radius 3 is 2.24 bits per heavy atom. The van der Waals surface area contributed by atoms with Crippen LogP contribution in [0, 0.1) is 0 Å². The zero-order valence-corrected chi connectivity index (χ0v) is 27.1. The molecule has 3 aromatic rings. The number of halogens is 2. The molecule has 14 heteroatoms. The van der Waals surface area contributed by atoms with Gasteiger partial charge in [0, 0.05) is 41.2 Å². The third-order valence-electron chi connectivity index (χ3n) is 7.11. The van der Waals surface area contributed by atoms with E-state index in [1.807, 2.05) is 24.4 Å². The largest absolute Gasteiger partial charge is 0.377 e. The van der Waals surface area contributed by atoms with Crippen LogP contribution in [0.3, 0.4) is 0 Å². The van der Waals surface area contributed by atoms with Crippen LogP contribution in [-0.2, 0) is 36.8 Å². The number of rotatable bonds is 20. The van der Waals surface area contributed by atoms with Gasteiger partial charge in [0.05, 0.1) is 78.8 Å². The number of fused-ring (bicyclic) bond motifs is 1. The van der Waals surface area contributed by atoms with Gasteiger partial charge in [-0.05, 0) is 41.9 Å². The number of hydrogen-bond acceptors (Lipinski definition) is 9. The van der Waals surface area contributed by atoms with E-state index in [1.54, 1.807) is 4.68 Å². The molecule has 12 nitrogen and oxygen atoms in total.